The molecular weight excluding hydrogens is 155 g/mol. The van der Waals surface area contributed by atoms with Crippen molar-refractivity contribution in [2.24, 2.45) is 0 Å². The van der Waals surface area contributed by atoms with E-state index in [4.69, 9.17) is 0 Å². The smallest absolute Gasteiger partial charge is 0.167 e. The van der Waals surface area contributed by atoms with Gasteiger partial charge < -0.3 is 0 Å². The molecule has 2 heteroatoms. The van der Waals surface area contributed by atoms with Crippen molar-refractivity contribution in [1.29, 1.82) is 0 Å². The van der Waals surface area contributed by atoms with Gasteiger partial charge in [-0.1, -0.05) is 36.4 Å². The topological polar surface area (TPSA) is 17.1 Å². The molecule has 0 N–H and O–H groups in total. The Hall–Kier alpha value is -0.940. The zero-order chi connectivity index (χ0) is 7.68. The van der Waals surface area contributed by atoms with Gasteiger partial charge >= 0.3 is 0 Å². The van der Waals surface area contributed by atoms with E-state index >= 15 is 0 Å². The van der Waals surface area contributed by atoms with E-state index < -0.39 is 0 Å². The first kappa shape index (κ1) is 6.75. The third-order valence-electron chi connectivity index (χ3n) is 1.89. The van der Waals surface area contributed by atoms with E-state index in [0.717, 1.165) is 0 Å². The maximum Gasteiger partial charge on any atom is 0.167 e. The van der Waals surface area contributed by atoms with Crippen LogP contribution >= 0.6 is 8.46 Å². The van der Waals surface area contributed by atoms with Crippen molar-refractivity contribution in [2.75, 3.05) is 0 Å². The van der Waals surface area contributed by atoms with E-state index in [1.807, 2.05) is 36.4 Å². The van der Waals surface area contributed by atoms with Crippen molar-refractivity contribution in [3.05, 3.63) is 41.5 Å². The highest BCUT2D eigenvalue weighted by Gasteiger charge is 2.15. The number of allylic oxidation sites excluding steroid dienone is 1. The first-order valence-electron chi connectivity index (χ1n) is 3.51. The van der Waals surface area contributed by atoms with Crippen LogP contribution in [-0.2, 0) is 4.57 Å². The summed E-state index contributed by atoms with van der Waals surface area (Å²) in [6.07, 6.45) is 3.99. The van der Waals surface area contributed by atoms with Gasteiger partial charge in [-0.2, -0.15) is 0 Å². The van der Waals surface area contributed by atoms with Crippen LogP contribution in [0.4, 0.5) is 0 Å². The van der Waals surface area contributed by atoms with Crippen LogP contribution in [0.1, 0.15) is 16.8 Å². The Labute approximate surface area is 67.0 Å². The second-order valence-electron chi connectivity index (χ2n) is 2.54. The van der Waals surface area contributed by atoms with Crippen LogP contribution < -0.4 is 0 Å². The lowest BCUT2D eigenvalue weighted by molar-refractivity contribution is 0.596. The second kappa shape index (κ2) is 2.60. The molecule has 1 aliphatic carbocycles. The Bertz CT molecular complexity index is 317. The summed E-state index contributed by atoms with van der Waals surface area (Å²) in [5.41, 5.74) is 2.45. The number of hydrogen-bond donors (Lipinski definition) is 0. The molecule has 0 spiro atoms. The third-order valence-corrected chi connectivity index (χ3v) is 2.56. The zero-order valence-electron chi connectivity index (χ0n) is 5.90. The number of benzene rings is 1. The molecule has 2 rings (SSSR count). The van der Waals surface area contributed by atoms with Crippen LogP contribution in [0.3, 0.4) is 0 Å². The number of hydrogen-bond acceptors (Lipinski definition) is 1. The van der Waals surface area contributed by atoms with E-state index in [1.165, 1.54) is 11.1 Å². The summed E-state index contributed by atoms with van der Waals surface area (Å²) in [5, 5.41) is 0. The van der Waals surface area contributed by atoms with Crippen LogP contribution in [0.2, 0.25) is 0 Å². The molecule has 0 radical (unpaired) electrons. The molecule has 1 aromatic carbocycles. The van der Waals surface area contributed by atoms with Crippen LogP contribution in [0.5, 0.6) is 0 Å². The predicted octanol–water partition coefficient (Wildman–Crippen LogP) is 3.05. The monoisotopic (exact) mass is 162 g/mol. The van der Waals surface area contributed by atoms with E-state index in [-0.39, 0.29) is 14.1 Å². The lowest BCUT2D eigenvalue weighted by atomic mass is 10.1. The Balaban J connectivity index is 2.53. The van der Waals surface area contributed by atoms with Crippen molar-refractivity contribution in [3.63, 3.8) is 0 Å². The minimum atomic E-state index is 0.0891. The average molecular weight is 162 g/mol. The summed E-state index contributed by atoms with van der Waals surface area (Å²) in [6, 6.07) is 8.03. The van der Waals surface area contributed by atoms with Gasteiger partial charge in [0.25, 0.3) is 0 Å². The Morgan fingerprint density at radius 2 is 2.09 bits per heavy atom. The highest BCUT2D eigenvalue weighted by Crippen LogP contribution is 2.36. The van der Waals surface area contributed by atoms with Gasteiger partial charge in [0, 0.05) is 0 Å². The normalized spacial score (nSPS) is 20.5. The molecule has 0 aliphatic heterocycles. The van der Waals surface area contributed by atoms with Gasteiger partial charge in [0.2, 0.25) is 0 Å². The predicted molar refractivity (Wildman–Crippen MR) is 45.8 cm³/mol. The fraction of sp³-hybridized carbons (Fsp3) is 0.111. The average Bonchev–Trinajstić information content (AvgIpc) is 2.47. The summed E-state index contributed by atoms with van der Waals surface area (Å²) in [4.78, 5) is 0. The third kappa shape index (κ3) is 1.02. The van der Waals surface area contributed by atoms with Crippen LogP contribution in [-0.4, -0.2) is 0 Å². The van der Waals surface area contributed by atoms with Crippen LogP contribution in [0, 0.1) is 0 Å². The highest BCUT2D eigenvalue weighted by atomic mass is 31.1. The van der Waals surface area contributed by atoms with Gasteiger partial charge in [0.1, 0.15) is 0 Å². The molecule has 11 heavy (non-hydrogen) atoms. The van der Waals surface area contributed by atoms with Gasteiger partial charge in [-0.3, -0.25) is 4.57 Å². The molecule has 54 valence electrons. The summed E-state index contributed by atoms with van der Waals surface area (Å²) in [5.74, 6) is 0. The SMILES string of the molecule is O=PC1C=Cc2ccccc21. The van der Waals surface area contributed by atoms with Gasteiger partial charge in [0.15, 0.2) is 8.46 Å². The lowest BCUT2D eigenvalue weighted by Crippen LogP contribution is -1.82. The number of fused-ring (bicyclic) bond motifs is 1. The van der Waals surface area contributed by atoms with E-state index in [2.05, 4.69) is 0 Å². The highest BCUT2D eigenvalue weighted by molar-refractivity contribution is 7.24. The molecule has 1 nitrogen and oxygen atoms in total. The summed E-state index contributed by atoms with van der Waals surface area (Å²) >= 11 is 0. The van der Waals surface area contributed by atoms with Crippen molar-refractivity contribution < 1.29 is 4.57 Å². The van der Waals surface area contributed by atoms with Crippen LogP contribution in [0.15, 0.2) is 30.3 Å². The Morgan fingerprint density at radius 1 is 1.27 bits per heavy atom. The maximum atomic E-state index is 10.6. The first-order valence-corrected chi connectivity index (χ1v) is 4.39. The van der Waals surface area contributed by atoms with Gasteiger partial charge in [0.05, 0.1) is 5.66 Å². The molecule has 1 atom stereocenters. The molecule has 1 aliphatic rings. The largest absolute Gasteiger partial charge is 0.274 e. The van der Waals surface area contributed by atoms with E-state index in [0.29, 0.717) is 0 Å². The first-order chi connectivity index (χ1) is 5.42. The maximum absolute atomic E-state index is 10.6. The van der Waals surface area contributed by atoms with Crippen molar-refractivity contribution >= 4 is 14.5 Å². The molecule has 0 heterocycles. The van der Waals surface area contributed by atoms with Gasteiger partial charge in [-0.15, -0.1) is 0 Å². The molecule has 0 saturated carbocycles. The van der Waals surface area contributed by atoms with Gasteiger partial charge in [-0.25, -0.2) is 0 Å². The quantitative estimate of drug-likeness (QED) is 0.580. The molecule has 0 saturated heterocycles. The summed E-state index contributed by atoms with van der Waals surface area (Å²) in [7, 11) is 0.190. The molecular formula is C9H7OP. The second-order valence-corrected chi connectivity index (χ2v) is 3.31. The summed E-state index contributed by atoms with van der Waals surface area (Å²) in [6.45, 7) is 0. The molecule has 1 unspecified atom stereocenters. The molecule has 0 fully saturated rings. The molecule has 0 bridgehead atoms. The van der Waals surface area contributed by atoms with Crippen molar-refractivity contribution in [1.82, 2.24) is 0 Å². The molecule has 0 aromatic heterocycles. The van der Waals surface area contributed by atoms with Crippen LogP contribution in [0.25, 0.3) is 6.08 Å². The van der Waals surface area contributed by atoms with Gasteiger partial charge in [-0.05, 0) is 11.1 Å². The van der Waals surface area contributed by atoms with Crippen molar-refractivity contribution in [3.8, 4) is 0 Å². The Morgan fingerprint density at radius 3 is 2.91 bits per heavy atom. The van der Waals surface area contributed by atoms with E-state index in [1.54, 1.807) is 0 Å². The minimum Gasteiger partial charge on any atom is -0.274 e. The fourth-order valence-electron chi connectivity index (χ4n) is 1.32. The van der Waals surface area contributed by atoms with E-state index in [9.17, 15) is 4.57 Å². The minimum absolute atomic E-state index is 0.0891. The lowest BCUT2D eigenvalue weighted by Gasteiger charge is -1.99. The number of rotatable bonds is 1. The standard InChI is InChI=1S/C9H7OP/c10-11-9-6-5-7-3-1-2-4-8(7)9/h1-6,9H. The van der Waals surface area contributed by atoms with Crippen molar-refractivity contribution in [2.45, 2.75) is 5.66 Å². The summed E-state index contributed by atoms with van der Waals surface area (Å²) < 4.78 is 10.6. The molecule has 1 aromatic rings. The molecule has 0 amide bonds. The fourth-order valence-corrected chi connectivity index (χ4v) is 1.83. The zero-order valence-corrected chi connectivity index (χ0v) is 6.79. The Kier molecular flexibility index (Phi) is 1.59.